The molecule has 0 aliphatic carbocycles. The van der Waals surface area contributed by atoms with Crippen molar-refractivity contribution in [2.24, 2.45) is 0 Å². The van der Waals surface area contributed by atoms with Crippen LogP contribution in [0.25, 0.3) is 0 Å². The molecule has 86 valence electrons. The zero-order valence-electron chi connectivity index (χ0n) is 9.25. The van der Waals surface area contributed by atoms with Crippen molar-refractivity contribution in [1.82, 2.24) is 15.2 Å². The van der Waals surface area contributed by atoms with Gasteiger partial charge in [0.25, 0.3) is 6.20 Å². The summed E-state index contributed by atoms with van der Waals surface area (Å²) < 4.78 is 0. The Balaban J connectivity index is 2.61. The Hall–Kier alpha value is -2.11. The van der Waals surface area contributed by atoms with E-state index < -0.39 is 4.92 Å². The third-order valence-electron chi connectivity index (χ3n) is 1.91. The van der Waals surface area contributed by atoms with E-state index in [-0.39, 0.29) is 0 Å². The Morgan fingerprint density at radius 2 is 2.44 bits per heavy atom. The van der Waals surface area contributed by atoms with Crippen molar-refractivity contribution < 1.29 is 4.92 Å². The van der Waals surface area contributed by atoms with Crippen molar-refractivity contribution in [1.29, 1.82) is 0 Å². The highest BCUT2D eigenvalue weighted by molar-refractivity contribution is 5.09. The molecular weight excluding hydrogens is 208 g/mol. The van der Waals surface area contributed by atoms with Gasteiger partial charge in [0.1, 0.15) is 0 Å². The van der Waals surface area contributed by atoms with Crippen LogP contribution in [0.5, 0.6) is 0 Å². The maximum absolute atomic E-state index is 10.4. The van der Waals surface area contributed by atoms with Crippen molar-refractivity contribution >= 4 is 0 Å². The van der Waals surface area contributed by atoms with Crippen molar-refractivity contribution in [2.75, 3.05) is 14.1 Å². The number of hydrogen-bond acceptors (Lipinski definition) is 5. The molecule has 0 fully saturated rings. The van der Waals surface area contributed by atoms with Crippen molar-refractivity contribution in [2.45, 2.75) is 6.54 Å². The lowest BCUT2D eigenvalue weighted by Gasteiger charge is -2.16. The van der Waals surface area contributed by atoms with Gasteiger partial charge in [-0.05, 0) is 11.6 Å². The first kappa shape index (κ1) is 12.0. The Morgan fingerprint density at radius 1 is 1.69 bits per heavy atom. The lowest BCUT2D eigenvalue weighted by molar-refractivity contribution is -0.404. The van der Waals surface area contributed by atoms with Crippen molar-refractivity contribution in [3.8, 4) is 0 Å². The molecule has 0 amide bonds. The molecule has 0 spiro atoms. The normalized spacial score (nSPS) is 11.0. The largest absolute Gasteiger partial charge is 0.362 e. The molecule has 1 aromatic rings. The van der Waals surface area contributed by atoms with Gasteiger partial charge in [-0.2, -0.15) is 0 Å². The number of pyridine rings is 1. The smallest absolute Gasteiger partial charge is 0.274 e. The molecule has 16 heavy (non-hydrogen) atoms. The first-order chi connectivity index (χ1) is 7.59. The van der Waals surface area contributed by atoms with Crippen LogP contribution in [0, 0.1) is 10.1 Å². The Bertz CT molecular complexity index is 376. The summed E-state index contributed by atoms with van der Waals surface area (Å²) in [5, 5.41) is 13.3. The van der Waals surface area contributed by atoms with E-state index >= 15 is 0 Å². The number of aromatic nitrogens is 1. The molecule has 1 N–H and O–H groups in total. The molecule has 0 saturated carbocycles. The molecule has 1 heterocycles. The van der Waals surface area contributed by atoms with E-state index in [2.05, 4.69) is 10.3 Å². The van der Waals surface area contributed by atoms with Gasteiger partial charge < -0.3 is 10.2 Å². The topological polar surface area (TPSA) is 71.3 Å². The minimum atomic E-state index is -0.481. The van der Waals surface area contributed by atoms with Crippen molar-refractivity contribution in [3.63, 3.8) is 0 Å². The second kappa shape index (κ2) is 5.69. The van der Waals surface area contributed by atoms with Gasteiger partial charge >= 0.3 is 0 Å². The van der Waals surface area contributed by atoms with Gasteiger partial charge in [0, 0.05) is 33.0 Å². The second-order valence-electron chi connectivity index (χ2n) is 3.41. The second-order valence-corrected chi connectivity index (χ2v) is 3.41. The van der Waals surface area contributed by atoms with E-state index in [1.165, 1.54) is 0 Å². The van der Waals surface area contributed by atoms with Crippen molar-refractivity contribution in [3.05, 3.63) is 52.2 Å². The zero-order valence-corrected chi connectivity index (χ0v) is 9.25. The molecule has 0 aliphatic rings. The Morgan fingerprint density at radius 3 is 2.94 bits per heavy atom. The number of nitrogens with one attached hydrogen (secondary N) is 1. The van der Waals surface area contributed by atoms with Crippen LogP contribution in [0.1, 0.15) is 5.56 Å². The Kier molecular flexibility index (Phi) is 4.26. The number of nitro groups is 1. The first-order valence-electron chi connectivity index (χ1n) is 4.75. The zero-order chi connectivity index (χ0) is 12.0. The maximum Gasteiger partial charge on any atom is 0.274 e. The molecule has 0 radical (unpaired) electrons. The lowest BCUT2D eigenvalue weighted by atomic mass is 10.3. The molecule has 0 bridgehead atoms. The summed E-state index contributed by atoms with van der Waals surface area (Å²) in [4.78, 5) is 15.5. The highest BCUT2D eigenvalue weighted by atomic mass is 16.6. The van der Waals surface area contributed by atoms with Crippen LogP contribution in [-0.4, -0.2) is 28.9 Å². The summed E-state index contributed by atoms with van der Waals surface area (Å²) >= 11 is 0. The van der Waals surface area contributed by atoms with Crippen LogP contribution in [0.2, 0.25) is 0 Å². The first-order valence-corrected chi connectivity index (χ1v) is 4.75. The fourth-order valence-corrected chi connectivity index (χ4v) is 1.11. The molecule has 0 unspecified atom stereocenters. The number of rotatable bonds is 5. The fourth-order valence-electron chi connectivity index (χ4n) is 1.11. The highest BCUT2D eigenvalue weighted by Crippen LogP contribution is 1.99. The monoisotopic (exact) mass is 222 g/mol. The molecule has 0 aliphatic heterocycles. The predicted octanol–water partition coefficient (Wildman–Crippen LogP) is 0.808. The van der Waals surface area contributed by atoms with Gasteiger partial charge in [0.2, 0.25) is 0 Å². The lowest BCUT2D eigenvalue weighted by Crippen LogP contribution is -2.26. The maximum atomic E-state index is 10.4. The molecule has 1 rings (SSSR count). The molecular formula is C10H14N4O2. The number of hydrogen-bond donors (Lipinski definition) is 1. The standard InChI is InChI=1S/C10H14N4O2/c1-13(2)10(8-14(15)16)12-7-9-4-3-5-11-6-9/h3-6,8,12H,7H2,1-2H3. The molecule has 0 saturated heterocycles. The fraction of sp³-hybridized carbons (Fsp3) is 0.300. The summed E-state index contributed by atoms with van der Waals surface area (Å²) in [5.74, 6) is 0.453. The van der Waals surface area contributed by atoms with Gasteiger partial charge in [-0.25, -0.2) is 0 Å². The number of nitrogens with zero attached hydrogens (tertiary/aromatic N) is 3. The van der Waals surface area contributed by atoms with Crippen LogP contribution in [0.3, 0.4) is 0 Å². The van der Waals surface area contributed by atoms with Gasteiger partial charge in [-0.3, -0.25) is 15.1 Å². The quantitative estimate of drug-likeness (QED) is 0.589. The average Bonchev–Trinajstić information content (AvgIpc) is 2.25. The summed E-state index contributed by atoms with van der Waals surface area (Å²) in [5.41, 5.74) is 0.971. The van der Waals surface area contributed by atoms with Crippen LogP contribution in [0.4, 0.5) is 0 Å². The van der Waals surface area contributed by atoms with Gasteiger partial charge in [0.05, 0.1) is 4.92 Å². The molecule has 6 heteroatoms. The van der Waals surface area contributed by atoms with E-state index in [1.54, 1.807) is 31.4 Å². The predicted molar refractivity (Wildman–Crippen MR) is 59.8 cm³/mol. The summed E-state index contributed by atoms with van der Waals surface area (Å²) in [6.45, 7) is 0.506. The minimum absolute atomic E-state index is 0.453. The summed E-state index contributed by atoms with van der Waals surface area (Å²) in [7, 11) is 3.48. The van der Waals surface area contributed by atoms with Crippen LogP contribution in [-0.2, 0) is 6.54 Å². The third-order valence-corrected chi connectivity index (χ3v) is 1.91. The van der Waals surface area contributed by atoms with Gasteiger partial charge in [-0.1, -0.05) is 6.07 Å². The Labute approximate surface area is 93.7 Å². The van der Waals surface area contributed by atoms with Crippen LogP contribution < -0.4 is 5.32 Å². The SMILES string of the molecule is CN(C)C(=C[N+](=O)[O-])NCc1cccnc1. The average molecular weight is 222 g/mol. The third kappa shape index (κ3) is 3.95. The van der Waals surface area contributed by atoms with E-state index in [9.17, 15) is 10.1 Å². The van der Waals surface area contributed by atoms with E-state index in [0.29, 0.717) is 12.4 Å². The molecule has 1 aromatic heterocycles. The molecule has 0 atom stereocenters. The van der Waals surface area contributed by atoms with E-state index in [1.807, 2.05) is 12.1 Å². The summed E-state index contributed by atoms with van der Waals surface area (Å²) in [6, 6.07) is 3.73. The highest BCUT2D eigenvalue weighted by Gasteiger charge is 2.04. The van der Waals surface area contributed by atoms with Crippen LogP contribution in [0.15, 0.2) is 36.5 Å². The summed E-state index contributed by atoms with van der Waals surface area (Å²) in [6.07, 6.45) is 4.34. The molecule has 0 aromatic carbocycles. The van der Waals surface area contributed by atoms with E-state index in [0.717, 1.165) is 11.8 Å². The van der Waals surface area contributed by atoms with Crippen LogP contribution >= 0.6 is 0 Å². The minimum Gasteiger partial charge on any atom is -0.362 e. The van der Waals surface area contributed by atoms with Gasteiger partial charge in [0.15, 0.2) is 5.82 Å². The molecule has 6 nitrogen and oxygen atoms in total. The van der Waals surface area contributed by atoms with E-state index in [4.69, 9.17) is 0 Å². The van der Waals surface area contributed by atoms with Gasteiger partial charge in [-0.15, -0.1) is 0 Å².